The molecule has 3 heteroatoms. The molecule has 0 saturated carbocycles. The van der Waals surface area contributed by atoms with Crippen molar-refractivity contribution in [1.29, 1.82) is 0 Å². The first-order valence-corrected chi connectivity index (χ1v) is 9.57. The van der Waals surface area contributed by atoms with Gasteiger partial charge in [0.05, 0.1) is 11.0 Å². The molecular weight excluding hydrogens is 312 g/mol. The SMILES string of the molecule is C=CCn1c(CCc2ccccc2)nc2ccc(SCCC)cc21. The summed E-state index contributed by atoms with van der Waals surface area (Å²) in [4.78, 5) is 6.20. The largest absolute Gasteiger partial charge is 0.324 e. The second-order valence-corrected chi connectivity index (χ2v) is 7.08. The Bertz CT molecular complexity index is 805. The Morgan fingerprint density at radius 2 is 1.96 bits per heavy atom. The van der Waals surface area contributed by atoms with Gasteiger partial charge in [0.2, 0.25) is 0 Å². The number of benzene rings is 2. The molecule has 0 aliphatic carbocycles. The van der Waals surface area contributed by atoms with E-state index in [9.17, 15) is 0 Å². The van der Waals surface area contributed by atoms with E-state index in [2.05, 4.69) is 66.6 Å². The van der Waals surface area contributed by atoms with Crippen molar-refractivity contribution in [3.63, 3.8) is 0 Å². The van der Waals surface area contributed by atoms with Gasteiger partial charge in [-0.1, -0.05) is 43.3 Å². The molecule has 1 aromatic heterocycles. The normalized spacial score (nSPS) is 11.0. The Hall–Kier alpha value is -2.00. The van der Waals surface area contributed by atoms with Crippen molar-refractivity contribution in [3.05, 3.63) is 72.6 Å². The van der Waals surface area contributed by atoms with Crippen molar-refractivity contribution >= 4 is 22.8 Å². The molecule has 1 heterocycles. The Kier molecular flexibility index (Phi) is 5.76. The lowest BCUT2D eigenvalue weighted by Crippen LogP contribution is -2.04. The summed E-state index contributed by atoms with van der Waals surface area (Å²) in [7, 11) is 0. The molecule has 124 valence electrons. The molecule has 0 bridgehead atoms. The minimum absolute atomic E-state index is 0.808. The molecular formula is C21H24N2S. The molecule has 0 radical (unpaired) electrons. The Balaban J connectivity index is 1.88. The molecule has 0 spiro atoms. The first-order chi connectivity index (χ1) is 11.8. The van der Waals surface area contributed by atoms with E-state index in [1.54, 1.807) is 0 Å². The maximum atomic E-state index is 4.87. The highest BCUT2D eigenvalue weighted by Gasteiger charge is 2.11. The lowest BCUT2D eigenvalue weighted by atomic mass is 10.1. The highest BCUT2D eigenvalue weighted by molar-refractivity contribution is 7.99. The van der Waals surface area contributed by atoms with Gasteiger partial charge in [0, 0.05) is 17.9 Å². The zero-order valence-electron chi connectivity index (χ0n) is 14.2. The first kappa shape index (κ1) is 16.8. The number of nitrogens with zero attached hydrogens (tertiary/aromatic N) is 2. The predicted octanol–water partition coefficient (Wildman–Crippen LogP) is 5.51. The Morgan fingerprint density at radius 3 is 2.71 bits per heavy atom. The zero-order chi connectivity index (χ0) is 16.8. The monoisotopic (exact) mass is 336 g/mol. The second kappa shape index (κ2) is 8.20. The van der Waals surface area contributed by atoms with E-state index in [1.807, 2.05) is 17.8 Å². The topological polar surface area (TPSA) is 17.8 Å². The average molecular weight is 337 g/mol. The Labute approximate surface area is 148 Å². The lowest BCUT2D eigenvalue weighted by Gasteiger charge is -2.07. The summed E-state index contributed by atoms with van der Waals surface area (Å²) in [5, 5.41) is 0. The van der Waals surface area contributed by atoms with Gasteiger partial charge in [0.1, 0.15) is 5.82 Å². The highest BCUT2D eigenvalue weighted by Crippen LogP contribution is 2.25. The van der Waals surface area contributed by atoms with E-state index in [1.165, 1.54) is 22.4 Å². The van der Waals surface area contributed by atoms with Gasteiger partial charge in [-0.25, -0.2) is 4.98 Å². The molecule has 3 aromatic rings. The number of fused-ring (bicyclic) bond motifs is 1. The molecule has 0 fully saturated rings. The van der Waals surface area contributed by atoms with Crippen molar-refractivity contribution in [2.45, 2.75) is 37.6 Å². The smallest absolute Gasteiger partial charge is 0.110 e. The maximum absolute atomic E-state index is 4.87. The number of hydrogen-bond acceptors (Lipinski definition) is 2. The number of hydrogen-bond donors (Lipinski definition) is 0. The van der Waals surface area contributed by atoms with E-state index in [4.69, 9.17) is 4.98 Å². The highest BCUT2D eigenvalue weighted by atomic mass is 32.2. The second-order valence-electron chi connectivity index (χ2n) is 5.91. The number of rotatable bonds is 8. The van der Waals surface area contributed by atoms with Crippen LogP contribution in [0.15, 0.2) is 66.1 Å². The van der Waals surface area contributed by atoms with Crippen LogP contribution in [-0.2, 0) is 19.4 Å². The number of imidazole rings is 1. The van der Waals surface area contributed by atoms with Crippen LogP contribution in [0.5, 0.6) is 0 Å². The van der Waals surface area contributed by atoms with Crippen LogP contribution >= 0.6 is 11.8 Å². The van der Waals surface area contributed by atoms with E-state index in [0.29, 0.717) is 0 Å². The van der Waals surface area contributed by atoms with Gasteiger partial charge in [-0.15, -0.1) is 18.3 Å². The number of allylic oxidation sites excluding steroid dienone is 1. The summed E-state index contributed by atoms with van der Waals surface area (Å²) >= 11 is 1.91. The van der Waals surface area contributed by atoms with Gasteiger partial charge < -0.3 is 4.57 Å². The standard InChI is InChI=1S/C21H24N2S/c1-3-14-23-20-16-18(24-15-4-2)11-12-19(20)22-21(23)13-10-17-8-6-5-7-9-17/h3,5-9,11-12,16H,1,4,10,13-15H2,2H3. The lowest BCUT2D eigenvalue weighted by molar-refractivity contribution is 0.743. The van der Waals surface area contributed by atoms with Crippen LogP contribution in [0.3, 0.4) is 0 Å². The van der Waals surface area contributed by atoms with Crippen molar-refractivity contribution in [3.8, 4) is 0 Å². The summed E-state index contributed by atoms with van der Waals surface area (Å²) in [5.41, 5.74) is 3.66. The third-order valence-electron chi connectivity index (χ3n) is 4.06. The third-order valence-corrected chi connectivity index (χ3v) is 5.26. The molecule has 0 amide bonds. The van der Waals surface area contributed by atoms with Crippen LogP contribution < -0.4 is 0 Å². The van der Waals surface area contributed by atoms with Crippen LogP contribution in [0.25, 0.3) is 11.0 Å². The molecule has 3 rings (SSSR count). The summed E-state index contributed by atoms with van der Waals surface area (Å²) in [6, 6.07) is 17.2. The minimum atomic E-state index is 0.808. The van der Waals surface area contributed by atoms with Crippen molar-refractivity contribution in [2.75, 3.05) is 5.75 Å². The van der Waals surface area contributed by atoms with E-state index < -0.39 is 0 Å². The van der Waals surface area contributed by atoms with Gasteiger partial charge in [0.25, 0.3) is 0 Å². The summed E-state index contributed by atoms with van der Waals surface area (Å²) in [6.45, 7) is 6.95. The van der Waals surface area contributed by atoms with Gasteiger partial charge >= 0.3 is 0 Å². The van der Waals surface area contributed by atoms with Crippen molar-refractivity contribution in [2.24, 2.45) is 0 Å². The number of aryl methyl sites for hydroxylation is 2. The van der Waals surface area contributed by atoms with Crippen molar-refractivity contribution in [1.82, 2.24) is 9.55 Å². The van der Waals surface area contributed by atoms with Crippen LogP contribution in [0.1, 0.15) is 24.7 Å². The molecule has 2 nitrogen and oxygen atoms in total. The fourth-order valence-electron chi connectivity index (χ4n) is 2.89. The van der Waals surface area contributed by atoms with Gasteiger partial charge in [-0.2, -0.15) is 0 Å². The molecule has 24 heavy (non-hydrogen) atoms. The molecule has 0 aliphatic rings. The number of aromatic nitrogens is 2. The van der Waals surface area contributed by atoms with Gasteiger partial charge in [0.15, 0.2) is 0 Å². The number of thioether (sulfide) groups is 1. The van der Waals surface area contributed by atoms with E-state index >= 15 is 0 Å². The van der Waals surface area contributed by atoms with Crippen LogP contribution in [0.2, 0.25) is 0 Å². The predicted molar refractivity (Wildman–Crippen MR) is 105 cm³/mol. The molecule has 2 aromatic carbocycles. The molecule has 0 N–H and O–H groups in total. The zero-order valence-corrected chi connectivity index (χ0v) is 15.1. The molecule has 0 aliphatic heterocycles. The molecule has 0 atom stereocenters. The van der Waals surface area contributed by atoms with E-state index in [-0.39, 0.29) is 0 Å². The molecule has 0 unspecified atom stereocenters. The van der Waals surface area contributed by atoms with Crippen LogP contribution in [0, 0.1) is 0 Å². The van der Waals surface area contributed by atoms with Gasteiger partial charge in [-0.3, -0.25) is 0 Å². The fourth-order valence-corrected chi connectivity index (χ4v) is 3.69. The summed E-state index contributed by atoms with van der Waals surface area (Å²) in [5.74, 6) is 2.30. The quantitative estimate of drug-likeness (QED) is 0.399. The fraction of sp³-hybridized carbons (Fsp3) is 0.286. The minimum Gasteiger partial charge on any atom is -0.324 e. The average Bonchev–Trinajstić information content (AvgIpc) is 2.96. The first-order valence-electron chi connectivity index (χ1n) is 8.58. The van der Waals surface area contributed by atoms with Crippen LogP contribution in [-0.4, -0.2) is 15.3 Å². The maximum Gasteiger partial charge on any atom is 0.110 e. The van der Waals surface area contributed by atoms with Gasteiger partial charge in [-0.05, 0) is 42.4 Å². The van der Waals surface area contributed by atoms with Crippen LogP contribution in [0.4, 0.5) is 0 Å². The molecule has 0 saturated heterocycles. The van der Waals surface area contributed by atoms with E-state index in [0.717, 1.165) is 36.5 Å². The summed E-state index contributed by atoms with van der Waals surface area (Å²) < 4.78 is 2.31. The Morgan fingerprint density at radius 1 is 1.12 bits per heavy atom. The van der Waals surface area contributed by atoms with Crippen molar-refractivity contribution < 1.29 is 0 Å². The summed E-state index contributed by atoms with van der Waals surface area (Å²) in [6.07, 6.45) is 5.11. The third kappa shape index (κ3) is 3.90.